The first-order valence-electron chi connectivity index (χ1n) is 7.84. The van der Waals surface area contributed by atoms with Crippen LogP contribution in [0.1, 0.15) is 21.5 Å². The van der Waals surface area contributed by atoms with Crippen molar-refractivity contribution in [3.05, 3.63) is 71.0 Å². The van der Waals surface area contributed by atoms with E-state index >= 15 is 0 Å². The Labute approximate surface area is 145 Å². The van der Waals surface area contributed by atoms with E-state index in [2.05, 4.69) is 5.32 Å². The molecule has 0 aliphatic rings. The van der Waals surface area contributed by atoms with Crippen LogP contribution in [0, 0.1) is 5.82 Å². The van der Waals surface area contributed by atoms with Crippen molar-refractivity contribution in [2.24, 2.45) is 0 Å². The predicted octanol–water partition coefficient (Wildman–Crippen LogP) is 2.49. The first kappa shape index (κ1) is 18.6. The molecule has 0 aromatic heterocycles. The van der Waals surface area contributed by atoms with E-state index in [1.165, 1.54) is 12.1 Å². The fourth-order valence-corrected chi connectivity index (χ4v) is 2.22. The first-order chi connectivity index (χ1) is 12.1. The van der Waals surface area contributed by atoms with Gasteiger partial charge in [0.15, 0.2) is 6.61 Å². The Morgan fingerprint density at radius 3 is 2.56 bits per heavy atom. The number of benzene rings is 2. The van der Waals surface area contributed by atoms with Gasteiger partial charge in [-0.1, -0.05) is 24.3 Å². The average molecular weight is 345 g/mol. The number of ether oxygens (including phenoxy) is 2. The van der Waals surface area contributed by atoms with Crippen LogP contribution in [-0.2, 0) is 27.3 Å². The van der Waals surface area contributed by atoms with Gasteiger partial charge in [-0.2, -0.15) is 0 Å². The lowest BCUT2D eigenvalue weighted by atomic mass is 10.1. The van der Waals surface area contributed by atoms with Crippen molar-refractivity contribution in [1.29, 1.82) is 0 Å². The molecule has 0 saturated carbocycles. The van der Waals surface area contributed by atoms with Gasteiger partial charge >= 0.3 is 5.97 Å². The van der Waals surface area contributed by atoms with Crippen molar-refractivity contribution in [3.63, 3.8) is 0 Å². The van der Waals surface area contributed by atoms with E-state index in [0.717, 1.165) is 11.1 Å². The Morgan fingerprint density at radius 1 is 1.08 bits per heavy atom. The Kier molecular flexibility index (Phi) is 7.10. The maximum absolute atomic E-state index is 12.8. The third kappa shape index (κ3) is 6.35. The highest BCUT2D eigenvalue weighted by Gasteiger charge is 2.10. The van der Waals surface area contributed by atoms with Crippen LogP contribution in [0.5, 0.6) is 0 Å². The molecule has 0 unspecified atom stereocenters. The Balaban J connectivity index is 1.72. The lowest BCUT2D eigenvalue weighted by Crippen LogP contribution is -2.30. The average Bonchev–Trinajstić information content (AvgIpc) is 2.62. The Bertz CT molecular complexity index is 716. The summed E-state index contributed by atoms with van der Waals surface area (Å²) in [5, 5.41) is 2.65. The molecule has 2 aromatic rings. The molecule has 132 valence electrons. The molecular weight excluding hydrogens is 325 g/mol. The summed E-state index contributed by atoms with van der Waals surface area (Å²) < 4.78 is 22.8. The fraction of sp³-hybridized carbons (Fsp3) is 0.263. The molecule has 1 amide bonds. The maximum Gasteiger partial charge on any atom is 0.338 e. The molecule has 0 saturated heterocycles. The summed E-state index contributed by atoms with van der Waals surface area (Å²) in [5.41, 5.74) is 2.13. The van der Waals surface area contributed by atoms with Gasteiger partial charge < -0.3 is 14.8 Å². The van der Waals surface area contributed by atoms with Crippen molar-refractivity contribution in [3.8, 4) is 0 Å². The number of rotatable bonds is 8. The van der Waals surface area contributed by atoms with Gasteiger partial charge in [0.2, 0.25) is 0 Å². The number of carbonyl (C=O) groups excluding carboxylic acids is 2. The van der Waals surface area contributed by atoms with Crippen molar-refractivity contribution in [2.45, 2.75) is 13.0 Å². The van der Waals surface area contributed by atoms with Gasteiger partial charge in [-0.3, -0.25) is 4.79 Å². The molecule has 0 bridgehead atoms. The number of methoxy groups -OCH3 is 1. The van der Waals surface area contributed by atoms with E-state index in [0.29, 0.717) is 25.1 Å². The molecule has 5 nitrogen and oxygen atoms in total. The van der Waals surface area contributed by atoms with Gasteiger partial charge in [0, 0.05) is 13.7 Å². The van der Waals surface area contributed by atoms with Crippen LogP contribution in [0.2, 0.25) is 0 Å². The van der Waals surface area contributed by atoms with Crippen LogP contribution >= 0.6 is 0 Å². The van der Waals surface area contributed by atoms with Gasteiger partial charge in [0.1, 0.15) is 5.82 Å². The van der Waals surface area contributed by atoms with Crippen molar-refractivity contribution in [2.75, 3.05) is 20.3 Å². The van der Waals surface area contributed by atoms with E-state index in [1.54, 1.807) is 37.4 Å². The highest BCUT2D eigenvalue weighted by atomic mass is 19.1. The zero-order chi connectivity index (χ0) is 18.1. The van der Waals surface area contributed by atoms with Crippen LogP contribution in [0.15, 0.2) is 48.5 Å². The monoisotopic (exact) mass is 345 g/mol. The number of hydrogen-bond acceptors (Lipinski definition) is 4. The van der Waals surface area contributed by atoms with E-state index in [4.69, 9.17) is 9.47 Å². The highest BCUT2D eigenvalue weighted by Crippen LogP contribution is 2.08. The fourth-order valence-electron chi connectivity index (χ4n) is 2.22. The Hall–Kier alpha value is -2.73. The largest absolute Gasteiger partial charge is 0.452 e. The number of amides is 1. The number of esters is 1. The third-order valence-electron chi connectivity index (χ3n) is 3.46. The van der Waals surface area contributed by atoms with Gasteiger partial charge in [-0.15, -0.1) is 0 Å². The van der Waals surface area contributed by atoms with Gasteiger partial charge in [-0.05, 0) is 41.8 Å². The summed E-state index contributed by atoms with van der Waals surface area (Å²) in [4.78, 5) is 23.7. The second kappa shape index (κ2) is 9.54. The number of carbonyl (C=O) groups is 2. The molecule has 0 aliphatic carbocycles. The molecule has 0 spiro atoms. The molecule has 0 heterocycles. The molecule has 2 aromatic carbocycles. The number of nitrogens with one attached hydrogen (secondary N) is 1. The molecule has 25 heavy (non-hydrogen) atoms. The maximum atomic E-state index is 12.8. The second-order valence-corrected chi connectivity index (χ2v) is 5.44. The summed E-state index contributed by atoms with van der Waals surface area (Å²) in [7, 11) is 1.57. The molecule has 0 radical (unpaired) electrons. The van der Waals surface area contributed by atoms with Gasteiger partial charge in [0.05, 0.1) is 12.2 Å². The van der Waals surface area contributed by atoms with E-state index in [1.807, 2.05) is 6.07 Å². The summed E-state index contributed by atoms with van der Waals surface area (Å²) in [6.07, 6.45) is 0.568. The lowest BCUT2D eigenvalue weighted by molar-refractivity contribution is -0.124. The Morgan fingerprint density at radius 2 is 1.84 bits per heavy atom. The minimum Gasteiger partial charge on any atom is -0.452 e. The molecule has 0 atom stereocenters. The smallest absolute Gasteiger partial charge is 0.338 e. The summed E-state index contributed by atoms with van der Waals surface area (Å²) in [6, 6.07) is 12.9. The standard InChI is InChI=1S/C19H20FNO4/c1-24-12-15-3-2-4-16(11-15)19(23)25-13-18(22)21-10-9-14-5-7-17(20)8-6-14/h2-8,11H,9-10,12-13H2,1H3,(H,21,22). The zero-order valence-corrected chi connectivity index (χ0v) is 14.0. The van der Waals surface area contributed by atoms with Crippen molar-refractivity contribution >= 4 is 11.9 Å². The third-order valence-corrected chi connectivity index (χ3v) is 3.46. The topological polar surface area (TPSA) is 64.6 Å². The van der Waals surface area contributed by atoms with Crippen LogP contribution in [0.4, 0.5) is 4.39 Å². The second-order valence-electron chi connectivity index (χ2n) is 5.44. The minimum absolute atomic E-state index is 0.297. The van der Waals surface area contributed by atoms with Crippen LogP contribution in [0.25, 0.3) is 0 Å². The van der Waals surface area contributed by atoms with E-state index in [9.17, 15) is 14.0 Å². The van der Waals surface area contributed by atoms with Crippen LogP contribution < -0.4 is 5.32 Å². The van der Waals surface area contributed by atoms with Crippen LogP contribution in [0.3, 0.4) is 0 Å². The highest BCUT2D eigenvalue weighted by molar-refractivity contribution is 5.91. The van der Waals surface area contributed by atoms with Crippen molar-refractivity contribution < 1.29 is 23.5 Å². The van der Waals surface area contributed by atoms with Gasteiger partial charge in [0.25, 0.3) is 5.91 Å². The summed E-state index contributed by atoms with van der Waals surface area (Å²) in [6.45, 7) is 0.424. The quantitative estimate of drug-likeness (QED) is 0.747. The van der Waals surface area contributed by atoms with E-state index in [-0.39, 0.29) is 18.3 Å². The van der Waals surface area contributed by atoms with Gasteiger partial charge in [-0.25, -0.2) is 9.18 Å². The van der Waals surface area contributed by atoms with Crippen LogP contribution in [-0.4, -0.2) is 32.1 Å². The summed E-state index contributed by atoms with van der Waals surface area (Å²) in [5.74, 6) is -1.25. The first-order valence-corrected chi connectivity index (χ1v) is 7.84. The van der Waals surface area contributed by atoms with E-state index < -0.39 is 5.97 Å². The lowest BCUT2D eigenvalue weighted by Gasteiger charge is -2.08. The van der Waals surface area contributed by atoms with Crippen molar-refractivity contribution in [1.82, 2.24) is 5.32 Å². The number of halogens is 1. The zero-order valence-electron chi connectivity index (χ0n) is 14.0. The molecule has 0 fully saturated rings. The molecule has 1 N–H and O–H groups in total. The SMILES string of the molecule is COCc1cccc(C(=O)OCC(=O)NCCc2ccc(F)cc2)c1. The molecule has 2 rings (SSSR count). The molecule has 6 heteroatoms. The molecule has 0 aliphatic heterocycles. The predicted molar refractivity (Wildman–Crippen MR) is 90.6 cm³/mol. The normalized spacial score (nSPS) is 10.3. The summed E-state index contributed by atoms with van der Waals surface area (Å²) >= 11 is 0. The molecular formula is C19H20FNO4. The minimum atomic E-state index is -0.563. The number of hydrogen-bond donors (Lipinski definition) is 1.